The van der Waals surface area contributed by atoms with Gasteiger partial charge < -0.3 is 15.5 Å². The summed E-state index contributed by atoms with van der Waals surface area (Å²) in [7, 11) is 0. The van der Waals surface area contributed by atoms with Gasteiger partial charge in [0.15, 0.2) is 5.76 Å². The molecule has 0 radical (unpaired) electrons. The second-order valence-corrected chi connectivity index (χ2v) is 5.68. The maximum Gasteiger partial charge on any atom is 0.287 e. The summed E-state index contributed by atoms with van der Waals surface area (Å²) in [6.07, 6.45) is 3.36. The van der Waals surface area contributed by atoms with Gasteiger partial charge in [0.1, 0.15) is 0 Å². The molecule has 0 atom stereocenters. The van der Waals surface area contributed by atoms with Crippen LogP contribution in [0.5, 0.6) is 0 Å². The number of unbranched alkanes of at least 4 members (excludes halogenated alkanes) is 1. The quantitative estimate of drug-likeness (QED) is 0.581. The van der Waals surface area contributed by atoms with Crippen LogP contribution in [0.15, 0.2) is 52.0 Å². The summed E-state index contributed by atoms with van der Waals surface area (Å²) >= 11 is 1.69. The van der Waals surface area contributed by atoms with Gasteiger partial charge in [-0.3, -0.25) is 4.79 Å². The zero-order valence-electron chi connectivity index (χ0n) is 11.9. The van der Waals surface area contributed by atoms with Crippen LogP contribution in [0.4, 0.5) is 0 Å². The Morgan fingerprint density at radius 1 is 1.19 bits per heavy atom. The van der Waals surface area contributed by atoms with Crippen molar-refractivity contribution in [3.05, 3.63) is 54.0 Å². The zero-order chi connectivity index (χ0) is 14.9. The third-order valence-electron chi connectivity index (χ3n) is 3.01. The Morgan fingerprint density at radius 3 is 2.76 bits per heavy atom. The average molecular weight is 304 g/mol. The van der Waals surface area contributed by atoms with Crippen LogP contribution in [-0.2, 0) is 5.75 Å². The number of hydrogen-bond donors (Lipinski definition) is 2. The van der Waals surface area contributed by atoms with Crippen LogP contribution in [0.3, 0.4) is 0 Å². The number of carbonyl (C=O) groups is 1. The third kappa shape index (κ3) is 4.95. The summed E-state index contributed by atoms with van der Waals surface area (Å²) < 4.78 is 5.32. The first-order valence-corrected chi connectivity index (χ1v) is 8.02. The fourth-order valence-corrected chi connectivity index (χ4v) is 2.78. The number of carbonyl (C=O) groups excluding carboxylic acids is 1. The number of furan rings is 1. The van der Waals surface area contributed by atoms with Crippen molar-refractivity contribution in [2.24, 2.45) is 5.73 Å². The molecule has 21 heavy (non-hydrogen) atoms. The number of hydrogen-bond acceptors (Lipinski definition) is 4. The Bertz CT molecular complexity index is 554. The Morgan fingerprint density at radius 2 is 2.00 bits per heavy atom. The molecule has 0 unspecified atom stereocenters. The minimum atomic E-state index is -0.152. The molecule has 0 fully saturated rings. The molecule has 0 aliphatic carbocycles. The van der Waals surface area contributed by atoms with Crippen LogP contribution >= 0.6 is 11.8 Å². The van der Waals surface area contributed by atoms with Crippen LogP contribution in [0.1, 0.15) is 29.0 Å². The van der Waals surface area contributed by atoms with Gasteiger partial charge in [0, 0.05) is 22.8 Å². The van der Waals surface area contributed by atoms with Gasteiger partial charge in [0.05, 0.1) is 6.26 Å². The summed E-state index contributed by atoms with van der Waals surface area (Å²) in [5, 5.41) is 2.86. The number of nitrogens with two attached hydrogens (primary N) is 1. The predicted molar refractivity (Wildman–Crippen MR) is 85.3 cm³/mol. The van der Waals surface area contributed by atoms with Gasteiger partial charge in [-0.15, -0.1) is 11.8 Å². The van der Waals surface area contributed by atoms with Crippen LogP contribution in [0.2, 0.25) is 0 Å². The molecule has 0 saturated carbocycles. The second kappa shape index (κ2) is 8.54. The molecule has 2 rings (SSSR count). The fraction of sp³-hybridized carbons (Fsp3) is 0.312. The van der Waals surface area contributed by atoms with Crippen molar-refractivity contribution >= 4 is 17.7 Å². The van der Waals surface area contributed by atoms with E-state index < -0.39 is 0 Å². The molecule has 4 nitrogen and oxygen atoms in total. The van der Waals surface area contributed by atoms with Gasteiger partial charge in [-0.2, -0.15) is 0 Å². The molecular formula is C16H20N2O2S. The highest BCUT2D eigenvalue weighted by molar-refractivity contribution is 7.98. The van der Waals surface area contributed by atoms with E-state index in [1.165, 1.54) is 4.90 Å². The Balaban J connectivity index is 1.87. The highest BCUT2D eigenvalue weighted by Gasteiger charge is 2.14. The monoisotopic (exact) mass is 304 g/mol. The van der Waals surface area contributed by atoms with E-state index in [0.717, 1.165) is 18.4 Å². The van der Waals surface area contributed by atoms with E-state index in [9.17, 15) is 4.79 Å². The molecule has 0 saturated heterocycles. The Labute approximate surface area is 129 Å². The lowest BCUT2D eigenvalue weighted by Gasteiger charge is -2.05. The largest absolute Gasteiger partial charge is 0.459 e. The van der Waals surface area contributed by atoms with Gasteiger partial charge in [-0.05, 0) is 37.6 Å². The van der Waals surface area contributed by atoms with Crippen molar-refractivity contribution < 1.29 is 9.21 Å². The minimum absolute atomic E-state index is 0.152. The summed E-state index contributed by atoms with van der Waals surface area (Å²) in [6.45, 7) is 1.28. The summed E-state index contributed by atoms with van der Waals surface area (Å²) in [5.41, 5.74) is 6.34. The average Bonchev–Trinajstić information content (AvgIpc) is 2.99. The zero-order valence-corrected chi connectivity index (χ0v) is 12.7. The highest BCUT2D eigenvalue weighted by Crippen LogP contribution is 2.24. The molecule has 0 aliphatic heterocycles. The molecular weight excluding hydrogens is 284 g/mol. The van der Waals surface area contributed by atoms with E-state index in [2.05, 4.69) is 17.4 Å². The van der Waals surface area contributed by atoms with Gasteiger partial charge in [0.2, 0.25) is 0 Å². The number of amides is 1. The summed E-state index contributed by atoms with van der Waals surface area (Å²) in [6, 6.07) is 12.0. The molecule has 1 aromatic heterocycles. The third-order valence-corrected chi connectivity index (χ3v) is 4.07. The van der Waals surface area contributed by atoms with E-state index >= 15 is 0 Å². The Kier molecular flexibility index (Phi) is 6.37. The summed E-state index contributed by atoms with van der Waals surface area (Å²) in [4.78, 5) is 13.2. The van der Waals surface area contributed by atoms with E-state index in [1.807, 2.05) is 24.3 Å². The minimum Gasteiger partial charge on any atom is -0.459 e. The number of nitrogens with one attached hydrogen (secondary N) is 1. The first-order valence-electron chi connectivity index (χ1n) is 7.03. The first kappa shape index (κ1) is 15.7. The molecule has 3 N–H and O–H groups in total. The number of rotatable bonds is 8. The molecule has 1 heterocycles. The lowest BCUT2D eigenvalue weighted by Crippen LogP contribution is -2.25. The van der Waals surface area contributed by atoms with Gasteiger partial charge in [-0.25, -0.2) is 0 Å². The first-order chi connectivity index (χ1) is 10.3. The van der Waals surface area contributed by atoms with Crippen molar-refractivity contribution in [2.75, 3.05) is 13.1 Å². The van der Waals surface area contributed by atoms with Crippen LogP contribution in [-0.4, -0.2) is 19.0 Å². The van der Waals surface area contributed by atoms with Crippen LogP contribution in [0.25, 0.3) is 0 Å². The van der Waals surface area contributed by atoms with Crippen molar-refractivity contribution in [1.82, 2.24) is 5.32 Å². The maximum atomic E-state index is 12.1. The standard InChI is InChI=1S/C16H20N2O2S/c17-9-4-5-10-18-16(19)15-13(8-11-20-15)12-21-14-6-2-1-3-7-14/h1-3,6-8,11H,4-5,9-10,12,17H2,(H,18,19). The highest BCUT2D eigenvalue weighted by atomic mass is 32.2. The maximum absolute atomic E-state index is 12.1. The van der Waals surface area contributed by atoms with Gasteiger partial charge >= 0.3 is 0 Å². The molecule has 0 aliphatic rings. The molecule has 1 amide bonds. The topological polar surface area (TPSA) is 68.3 Å². The molecule has 112 valence electrons. The van der Waals surface area contributed by atoms with E-state index in [-0.39, 0.29) is 5.91 Å². The van der Waals surface area contributed by atoms with E-state index in [1.54, 1.807) is 18.0 Å². The fourth-order valence-electron chi connectivity index (χ4n) is 1.88. The summed E-state index contributed by atoms with van der Waals surface area (Å²) in [5.74, 6) is 0.971. The van der Waals surface area contributed by atoms with Gasteiger partial charge in [0.25, 0.3) is 5.91 Å². The lowest BCUT2D eigenvalue weighted by molar-refractivity contribution is 0.0924. The van der Waals surface area contributed by atoms with Crippen molar-refractivity contribution in [3.63, 3.8) is 0 Å². The molecule has 0 spiro atoms. The number of thioether (sulfide) groups is 1. The normalized spacial score (nSPS) is 10.5. The van der Waals surface area contributed by atoms with Crippen molar-refractivity contribution in [3.8, 4) is 0 Å². The van der Waals surface area contributed by atoms with Gasteiger partial charge in [-0.1, -0.05) is 18.2 Å². The number of benzene rings is 1. The SMILES string of the molecule is NCCCCNC(=O)c1occc1CSc1ccccc1. The molecule has 0 bridgehead atoms. The lowest BCUT2D eigenvalue weighted by atomic mass is 10.2. The predicted octanol–water partition coefficient (Wildman–Crippen LogP) is 3.04. The van der Waals surface area contributed by atoms with Crippen LogP contribution in [0, 0.1) is 0 Å². The molecule has 5 heteroatoms. The van der Waals surface area contributed by atoms with Crippen LogP contribution < -0.4 is 11.1 Å². The molecule has 2 aromatic rings. The van der Waals surface area contributed by atoms with Crippen molar-refractivity contribution in [1.29, 1.82) is 0 Å². The smallest absolute Gasteiger partial charge is 0.287 e. The van der Waals surface area contributed by atoms with E-state index in [0.29, 0.717) is 24.6 Å². The van der Waals surface area contributed by atoms with Crippen molar-refractivity contribution in [2.45, 2.75) is 23.5 Å². The second-order valence-electron chi connectivity index (χ2n) is 4.63. The Hall–Kier alpha value is -1.72. The molecule has 1 aromatic carbocycles. The van der Waals surface area contributed by atoms with E-state index in [4.69, 9.17) is 10.2 Å².